The first-order valence-electron chi connectivity index (χ1n) is 10.7. The minimum absolute atomic E-state index is 0.0453. The predicted octanol–water partition coefficient (Wildman–Crippen LogP) is 6.60. The first kappa shape index (κ1) is 24.3. The Morgan fingerprint density at radius 2 is 1.57 bits per heavy atom. The summed E-state index contributed by atoms with van der Waals surface area (Å²) in [6.45, 7) is 14.8. The largest absolute Gasteiger partial charge is 0.507 e. The van der Waals surface area contributed by atoms with Crippen molar-refractivity contribution in [3.63, 3.8) is 0 Å². The van der Waals surface area contributed by atoms with Crippen molar-refractivity contribution in [2.24, 2.45) is 0 Å². The van der Waals surface area contributed by atoms with Crippen molar-refractivity contribution in [1.29, 1.82) is 0 Å². The van der Waals surface area contributed by atoms with Crippen LogP contribution in [0.4, 0.5) is 5.69 Å². The van der Waals surface area contributed by atoms with Crippen LogP contribution in [0.15, 0.2) is 36.4 Å². The molecule has 164 valence electrons. The lowest BCUT2D eigenvalue weighted by atomic mass is 9.78. The van der Waals surface area contributed by atoms with Crippen LogP contribution >= 0.6 is 11.8 Å². The van der Waals surface area contributed by atoms with Crippen LogP contribution in [0.5, 0.6) is 5.75 Å². The normalized spacial score (nSPS) is 12.1. The highest BCUT2D eigenvalue weighted by Gasteiger charge is 2.26. The molecular weight excluding hydrogens is 390 g/mol. The average molecular weight is 428 g/mol. The lowest BCUT2D eigenvalue weighted by Gasteiger charge is -2.28. The van der Waals surface area contributed by atoms with Crippen LogP contribution in [0.25, 0.3) is 0 Å². The van der Waals surface area contributed by atoms with Gasteiger partial charge in [-0.2, -0.15) is 11.8 Å². The van der Waals surface area contributed by atoms with Gasteiger partial charge in [-0.25, -0.2) is 0 Å². The Kier molecular flexibility index (Phi) is 8.04. The van der Waals surface area contributed by atoms with Gasteiger partial charge in [0, 0.05) is 5.69 Å². The van der Waals surface area contributed by atoms with E-state index in [2.05, 4.69) is 59.0 Å². The molecule has 4 heteroatoms. The van der Waals surface area contributed by atoms with Gasteiger partial charge in [-0.3, -0.25) is 4.79 Å². The molecule has 2 rings (SSSR count). The van der Waals surface area contributed by atoms with Crippen molar-refractivity contribution in [2.75, 3.05) is 16.8 Å². The number of carbonyl (C=O) groups is 1. The van der Waals surface area contributed by atoms with Gasteiger partial charge in [0.2, 0.25) is 5.91 Å². The summed E-state index contributed by atoms with van der Waals surface area (Å²) in [6.07, 6.45) is 1.94. The van der Waals surface area contributed by atoms with E-state index in [0.29, 0.717) is 11.5 Å². The Labute approximate surface area is 186 Å². The molecule has 0 spiro atoms. The molecule has 2 aromatic rings. The molecule has 0 heterocycles. The average Bonchev–Trinajstić information content (AvgIpc) is 2.62. The molecule has 0 radical (unpaired) electrons. The van der Waals surface area contributed by atoms with Gasteiger partial charge in [-0.05, 0) is 64.7 Å². The topological polar surface area (TPSA) is 49.3 Å². The van der Waals surface area contributed by atoms with E-state index in [9.17, 15) is 9.90 Å². The number of benzene rings is 2. The number of aromatic hydroxyl groups is 1. The van der Waals surface area contributed by atoms with Crippen molar-refractivity contribution in [2.45, 2.75) is 72.1 Å². The zero-order valence-corrected chi connectivity index (χ0v) is 20.4. The molecule has 2 aromatic carbocycles. The van der Waals surface area contributed by atoms with Crippen LogP contribution < -0.4 is 5.32 Å². The third-order valence-corrected chi connectivity index (χ3v) is 6.24. The number of hydrogen-bond donors (Lipinski definition) is 2. The molecule has 0 atom stereocenters. The highest BCUT2D eigenvalue weighted by Crippen LogP contribution is 2.40. The van der Waals surface area contributed by atoms with Gasteiger partial charge < -0.3 is 10.4 Å². The maximum Gasteiger partial charge on any atom is 0.234 e. The summed E-state index contributed by atoms with van der Waals surface area (Å²) in [7, 11) is 0. The molecule has 2 N–H and O–H groups in total. The van der Waals surface area contributed by atoms with Gasteiger partial charge in [0.1, 0.15) is 5.75 Å². The first-order valence-corrected chi connectivity index (χ1v) is 11.8. The number of carbonyl (C=O) groups excluding carboxylic acids is 1. The van der Waals surface area contributed by atoms with Crippen molar-refractivity contribution in [1.82, 2.24) is 0 Å². The molecule has 0 aliphatic heterocycles. The molecule has 0 unspecified atom stereocenters. The molecule has 0 saturated heterocycles. The number of thioether (sulfide) groups is 1. The summed E-state index contributed by atoms with van der Waals surface area (Å²) in [5.41, 5.74) is 5.02. The summed E-state index contributed by atoms with van der Waals surface area (Å²) in [6, 6.07) is 12.1. The number of nitrogens with one attached hydrogen (secondary N) is 1. The van der Waals surface area contributed by atoms with Gasteiger partial charge in [-0.15, -0.1) is 0 Å². The van der Waals surface area contributed by atoms with E-state index in [-0.39, 0.29) is 16.7 Å². The van der Waals surface area contributed by atoms with Crippen molar-refractivity contribution >= 4 is 23.4 Å². The summed E-state index contributed by atoms with van der Waals surface area (Å²) in [5.74, 6) is 1.87. The summed E-state index contributed by atoms with van der Waals surface area (Å²) in [4.78, 5) is 12.2. The van der Waals surface area contributed by atoms with E-state index in [0.717, 1.165) is 41.0 Å². The Balaban J connectivity index is 1.93. The van der Waals surface area contributed by atoms with E-state index in [1.54, 1.807) is 11.8 Å². The molecule has 0 aliphatic rings. The monoisotopic (exact) mass is 427 g/mol. The fraction of sp³-hybridized carbons (Fsp3) is 0.500. The fourth-order valence-electron chi connectivity index (χ4n) is 3.42. The Bertz CT molecular complexity index is 840. The molecule has 1 amide bonds. The molecule has 0 saturated carbocycles. The van der Waals surface area contributed by atoms with E-state index in [1.807, 2.05) is 31.2 Å². The minimum atomic E-state index is -0.109. The number of aryl methyl sites for hydroxylation is 2. The Morgan fingerprint density at radius 3 is 2.10 bits per heavy atom. The van der Waals surface area contributed by atoms with E-state index in [4.69, 9.17) is 0 Å². The molecular formula is C26H37NO2S. The molecule has 3 nitrogen and oxygen atoms in total. The zero-order valence-electron chi connectivity index (χ0n) is 19.6. The highest BCUT2D eigenvalue weighted by molar-refractivity contribution is 7.99. The highest BCUT2D eigenvalue weighted by atomic mass is 32.2. The van der Waals surface area contributed by atoms with Gasteiger partial charge >= 0.3 is 0 Å². The summed E-state index contributed by atoms with van der Waals surface area (Å²) >= 11 is 1.67. The number of hydrogen-bond acceptors (Lipinski definition) is 3. The summed E-state index contributed by atoms with van der Waals surface area (Å²) in [5, 5.41) is 13.8. The minimum Gasteiger partial charge on any atom is -0.507 e. The Hall–Kier alpha value is -1.94. The van der Waals surface area contributed by atoms with Crippen molar-refractivity contribution in [3.8, 4) is 5.75 Å². The number of amides is 1. The number of para-hydroxylation sites is 1. The second-order valence-electron chi connectivity index (χ2n) is 10.1. The smallest absolute Gasteiger partial charge is 0.234 e. The first-order chi connectivity index (χ1) is 13.9. The number of phenols is 1. The van der Waals surface area contributed by atoms with Gasteiger partial charge in [0.25, 0.3) is 0 Å². The quantitative estimate of drug-likeness (QED) is 0.489. The van der Waals surface area contributed by atoms with Gasteiger partial charge in [-0.1, -0.05) is 71.9 Å². The SMILES string of the molecule is Cc1ccccc1NC(=O)CSCCCc1cc(C(C)(C)C)c(O)c(C(C)(C)C)c1. The summed E-state index contributed by atoms with van der Waals surface area (Å²) < 4.78 is 0. The maximum absolute atomic E-state index is 12.2. The third kappa shape index (κ3) is 6.80. The second kappa shape index (κ2) is 9.91. The lowest BCUT2D eigenvalue weighted by molar-refractivity contribution is -0.113. The maximum atomic E-state index is 12.2. The predicted molar refractivity (Wildman–Crippen MR) is 131 cm³/mol. The Morgan fingerprint density at radius 1 is 1.00 bits per heavy atom. The van der Waals surface area contributed by atoms with Gasteiger partial charge in [0.15, 0.2) is 0 Å². The van der Waals surface area contributed by atoms with Crippen LogP contribution in [-0.4, -0.2) is 22.5 Å². The molecule has 0 aliphatic carbocycles. The van der Waals surface area contributed by atoms with E-state index < -0.39 is 0 Å². The number of anilines is 1. The second-order valence-corrected chi connectivity index (χ2v) is 11.2. The van der Waals surface area contributed by atoms with Crippen LogP contribution in [0, 0.1) is 6.92 Å². The number of rotatable bonds is 7. The van der Waals surface area contributed by atoms with Crippen LogP contribution in [0.1, 0.15) is 70.2 Å². The molecule has 30 heavy (non-hydrogen) atoms. The lowest BCUT2D eigenvalue weighted by Crippen LogP contribution is -2.18. The standard InChI is InChI=1S/C26H37NO2S/c1-18-11-8-9-13-22(18)27-23(28)17-30-14-10-12-19-15-20(25(2,3)4)24(29)21(16-19)26(5,6)7/h8-9,11,13,15-16,29H,10,12,14,17H2,1-7H3,(H,27,28). The number of phenolic OH excluding ortho intramolecular Hbond substituents is 1. The van der Waals surface area contributed by atoms with Gasteiger partial charge in [0.05, 0.1) is 5.75 Å². The van der Waals surface area contributed by atoms with Crippen molar-refractivity contribution < 1.29 is 9.90 Å². The van der Waals surface area contributed by atoms with Crippen LogP contribution in [-0.2, 0) is 22.0 Å². The molecule has 0 bridgehead atoms. The zero-order chi connectivity index (χ0) is 22.5. The van der Waals surface area contributed by atoms with Crippen molar-refractivity contribution in [3.05, 3.63) is 58.7 Å². The van der Waals surface area contributed by atoms with E-state index in [1.165, 1.54) is 5.56 Å². The van der Waals surface area contributed by atoms with Crippen LogP contribution in [0.3, 0.4) is 0 Å². The molecule has 0 aromatic heterocycles. The molecule has 0 fully saturated rings. The third-order valence-electron chi connectivity index (χ3n) is 5.19. The van der Waals surface area contributed by atoms with Crippen LogP contribution in [0.2, 0.25) is 0 Å². The fourth-order valence-corrected chi connectivity index (χ4v) is 4.18. The van der Waals surface area contributed by atoms with E-state index >= 15 is 0 Å².